The summed E-state index contributed by atoms with van der Waals surface area (Å²) in [4.78, 5) is 13.2. The highest BCUT2D eigenvalue weighted by Gasteiger charge is 2.42. The van der Waals surface area contributed by atoms with Crippen molar-refractivity contribution in [3.8, 4) is 0 Å². The number of hydrazone groups is 1. The molecule has 0 saturated carbocycles. The number of anilines is 1. The zero-order valence-corrected chi connectivity index (χ0v) is 21.7. The maximum atomic E-state index is 13.2. The van der Waals surface area contributed by atoms with E-state index in [1.807, 2.05) is 42.3 Å². The fraction of sp³-hybridized carbons (Fsp3) is 0.364. The van der Waals surface area contributed by atoms with Gasteiger partial charge in [0.2, 0.25) is 0 Å². The van der Waals surface area contributed by atoms with E-state index in [0.29, 0.717) is 31.1 Å². The van der Waals surface area contributed by atoms with Crippen molar-refractivity contribution in [2.75, 3.05) is 25.1 Å². The minimum atomic E-state index is -0.189. The molecule has 2 atom stereocenters. The van der Waals surface area contributed by atoms with Crippen LogP contribution in [0.25, 0.3) is 0 Å². The molecule has 1 N–H and O–H groups in total. The Balaban J connectivity index is 0.00000272. The van der Waals surface area contributed by atoms with Crippen LogP contribution in [0.1, 0.15) is 31.4 Å². The number of carbonyl (C=O) groups excluding carboxylic acids is 1. The summed E-state index contributed by atoms with van der Waals surface area (Å²) in [6.45, 7) is 3.88. The van der Waals surface area contributed by atoms with Crippen molar-refractivity contribution in [1.29, 1.82) is 0 Å². The Morgan fingerprint density at radius 2 is 1.68 bits per heavy atom. The number of carbonyl (C=O) groups is 1. The van der Waals surface area contributed by atoms with E-state index in [9.17, 15) is 4.79 Å². The lowest BCUT2D eigenvalue weighted by Gasteiger charge is -2.29. The SMILES string of the molecule is C[C@H]1C(C(=O)N[N+]2(C)CCCC2)=NN(c2ccc(Cl)cc2Cl)[C@@H]1c1ccc(Cl)cc1.[I-]. The van der Waals surface area contributed by atoms with Crippen molar-refractivity contribution in [2.45, 2.75) is 25.8 Å². The maximum absolute atomic E-state index is 13.2. The third kappa shape index (κ3) is 5.14. The van der Waals surface area contributed by atoms with E-state index in [-0.39, 0.29) is 41.8 Å². The molecule has 0 unspecified atom stereocenters. The van der Waals surface area contributed by atoms with Gasteiger partial charge >= 0.3 is 5.91 Å². The Morgan fingerprint density at radius 1 is 1.06 bits per heavy atom. The number of amides is 1. The number of hydrogen-bond acceptors (Lipinski definition) is 3. The van der Waals surface area contributed by atoms with Gasteiger partial charge in [-0.05, 0) is 35.9 Å². The van der Waals surface area contributed by atoms with Gasteiger partial charge in [-0.1, -0.05) is 53.9 Å². The van der Waals surface area contributed by atoms with Crippen LogP contribution >= 0.6 is 34.8 Å². The van der Waals surface area contributed by atoms with Gasteiger partial charge in [-0.15, -0.1) is 0 Å². The third-order valence-electron chi connectivity index (χ3n) is 5.91. The molecule has 1 saturated heterocycles. The largest absolute Gasteiger partial charge is 1.00 e. The molecule has 0 aliphatic carbocycles. The summed E-state index contributed by atoms with van der Waals surface area (Å²) < 4.78 is 0.540. The second-order valence-electron chi connectivity index (χ2n) is 8.20. The lowest BCUT2D eigenvalue weighted by molar-refractivity contribution is -0.931. The monoisotopic (exact) mass is 592 g/mol. The average Bonchev–Trinajstić information content (AvgIpc) is 3.26. The predicted molar refractivity (Wildman–Crippen MR) is 123 cm³/mol. The Morgan fingerprint density at radius 3 is 2.29 bits per heavy atom. The first kappa shape index (κ1) is 24.6. The smallest absolute Gasteiger partial charge is 0.312 e. The minimum Gasteiger partial charge on any atom is -1.00 e. The topological polar surface area (TPSA) is 44.7 Å². The van der Waals surface area contributed by atoms with E-state index in [0.717, 1.165) is 31.5 Å². The number of quaternary nitrogens is 1. The van der Waals surface area contributed by atoms with E-state index in [2.05, 4.69) is 12.5 Å². The molecule has 9 heteroatoms. The molecule has 31 heavy (non-hydrogen) atoms. The van der Waals surface area contributed by atoms with Crippen molar-refractivity contribution in [3.63, 3.8) is 0 Å². The molecular weight excluding hydrogens is 570 g/mol. The van der Waals surface area contributed by atoms with Gasteiger partial charge in [0.15, 0.2) is 0 Å². The van der Waals surface area contributed by atoms with Gasteiger partial charge in [0.1, 0.15) is 18.8 Å². The quantitative estimate of drug-likeness (QED) is 0.438. The molecule has 2 aromatic carbocycles. The summed E-state index contributed by atoms with van der Waals surface area (Å²) in [5.74, 6) is -0.287. The Bertz CT molecular complexity index is 993. The summed E-state index contributed by atoms with van der Waals surface area (Å²) in [5, 5.41) is 8.27. The number of benzene rings is 2. The van der Waals surface area contributed by atoms with Crippen molar-refractivity contribution in [2.24, 2.45) is 11.0 Å². The van der Waals surface area contributed by atoms with Crippen LogP contribution in [0.15, 0.2) is 47.6 Å². The molecule has 2 aliphatic rings. The number of nitrogens with one attached hydrogen (secondary N) is 1. The first-order valence-electron chi connectivity index (χ1n) is 10.0. The van der Waals surface area contributed by atoms with Gasteiger partial charge in [-0.2, -0.15) is 10.5 Å². The van der Waals surface area contributed by atoms with Crippen LogP contribution in [0.4, 0.5) is 5.69 Å². The Labute approximate surface area is 214 Å². The molecule has 2 heterocycles. The number of likely N-dealkylation sites (tertiary alicyclic amines) is 1. The van der Waals surface area contributed by atoms with Gasteiger partial charge in [0.05, 0.1) is 23.8 Å². The fourth-order valence-corrected chi connectivity index (χ4v) is 4.91. The van der Waals surface area contributed by atoms with Crippen LogP contribution < -0.4 is 34.4 Å². The van der Waals surface area contributed by atoms with Gasteiger partial charge in [-0.25, -0.2) is 4.59 Å². The van der Waals surface area contributed by atoms with Gasteiger partial charge in [0.25, 0.3) is 0 Å². The van der Waals surface area contributed by atoms with E-state index in [4.69, 9.17) is 39.9 Å². The third-order valence-corrected chi connectivity index (χ3v) is 6.70. The highest BCUT2D eigenvalue weighted by molar-refractivity contribution is 6.40. The lowest BCUT2D eigenvalue weighted by atomic mass is 9.91. The highest BCUT2D eigenvalue weighted by Crippen LogP contribution is 2.42. The Kier molecular flexibility index (Phi) is 7.79. The van der Waals surface area contributed by atoms with Crippen LogP contribution in [0.5, 0.6) is 0 Å². The standard InChI is InChI=1S/C22H23Cl3N4O.HI/c1-14-20(22(30)27-29(2)11-3-4-12-29)26-28(19-10-9-17(24)13-18(19)25)21(14)15-5-7-16(23)8-6-15;/h5-10,13-14,21H,3-4,11-12H2,1-2H3;1H/t14-,21-;/m0./s1. The van der Waals surface area contributed by atoms with Crippen LogP contribution in [-0.2, 0) is 4.79 Å². The van der Waals surface area contributed by atoms with E-state index in [1.165, 1.54) is 0 Å². The van der Waals surface area contributed by atoms with E-state index in [1.54, 1.807) is 12.1 Å². The van der Waals surface area contributed by atoms with Crippen molar-refractivity contribution in [1.82, 2.24) is 5.43 Å². The maximum Gasteiger partial charge on any atom is 0.312 e. The average molecular weight is 594 g/mol. The second-order valence-corrected chi connectivity index (χ2v) is 9.48. The minimum absolute atomic E-state index is 0. The molecule has 0 aromatic heterocycles. The van der Waals surface area contributed by atoms with Crippen LogP contribution in [0, 0.1) is 5.92 Å². The van der Waals surface area contributed by atoms with Crippen molar-refractivity contribution >= 4 is 52.1 Å². The number of rotatable bonds is 4. The zero-order chi connectivity index (χ0) is 21.5. The molecule has 0 spiro atoms. The summed E-state index contributed by atoms with van der Waals surface area (Å²) in [5.41, 5.74) is 5.37. The van der Waals surface area contributed by atoms with Gasteiger partial charge < -0.3 is 24.0 Å². The first-order valence-corrected chi connectivity index (χ1v) is 11.2. The van der Waals surface area contributed by atoms with Crippen LogP contribution in [-0.4, -0.2) is 36.3 Å². The number of halogens is 4. The Hall–Kier alpha value is -1.06. The lowest BCUT2D eigenvalue weighted by Crippen LogP contribution is -3.00. The molecule has 2 aromatic rings. The summed E-state index contributed by atoms with van der Waals surface area (Å²) in [7, 11) is 2.05. The molecule has 2 aliphatic heterocycles. The molecule has 1 fully saturated rings. The predicted octanol–water partition coefficient (Wildman–Crippen LogP) is 2.48. The first-order chi connectivity index (χ1) is 14.3. The van der Waals surface area contributed by atoms with Gasteiger partial charge in [-0.3, -0.25) is 9.80 Å². The van der Waals surface area contributed by atoms with Crippen LogP contribution in [0.3, 0.4) is 0 Å². The zero-order valence-electron chi connectivity index (χ0n) is 17.3. The van der Waals surface area contributed by atoms with E-state index >= 15 is 0 Å². The molecule has 166 valence electrons. The van der Waals surface area contributed by atoms with E-state index < -0.39 is 0 Å². The summed E-state index contributed by atoms with van der Waals surface area (Å²) in [6, 6.07) is 12.7. The summed E-state index contributed by atoms with van der Waals surface area (Å²) >= 11 is 18.7. The van der Waals surface area contributed by atoms with Gasteiger partial charge in [0, 0.05) is 28.8 Å². The van der Waals surface area contributed by atoms with Crippen molar-refractivity contribution in [3.05, 3.63) is 63.1 Å². The van der Waals surface area contributed by atoms with Crippen molar-refractivity contribution < 1.29 is 33.4 Å². The molecule has 0 bridgehead atoms. The molecule has 5 nitrogen and oxygen atoms in total. The molecule has 1 amide bonds. The highest BCUT2D eigenvalue weighted by atomic mass is 127. The second kappa shape index (κ2) is 9.83. The molecule has 0 radical (unpaired) electrons. The molecular formula is C22H24Cl3IN4O. The number of hydrogen-bond donors (Lipinski definition) is 1. The fourth-order valence-electron chi connectivity index (χ4n) is 4.29. The number of nitrogens with zero attached hydrogens (tertiary/aromatic N) is 3. The van der Waals surface area contributed by atoms with Crippen LogP contribution in [0.2, 0.25) is 15.1 Å². The normalized spacial score (nSPS) is 22.1. The molecule has 4 rings (SSSR count). The summed E-state index contributed by atoms with van der Waals surface area (Å²) in [6.07, 6.45) is 2.22.